The van der Waals surface area contributed by atoms with Gasteiger partial charge >= 0.3 is 37.7 Å². The molecule has 1 aromatic rings. The Morgan fingerprint density at radius 2 is 2.14 bits per heavy atom. The molecule has 0 unspecified atom stereocenters. The summed E-state index contributed by atoms with van der Waals surface area (Å²) >= 11 is 0. The average molecular weight is 79.9 g/mol. The third-order valence-electron chi connectivity index (χ3n) is 0.322. The largest absolute Gasteiger partial charge is 1.00 e. The summed E-state index contributed by atoms with van der Waals surface area (Å²) in [5, 5.41) is 0. The maximum Gasteiger partial charge on any atom is 1.00 e. The average Bonchev–Trinajstić information content (AvgIpc) is 1.76. The van der Waals surface area contributed by atoms with Gasteiger partial charge in [0, 0.05) is 0 Å². The van der Waals surface area contributed by atoms with E-state index in [1.54, 1.807) is 0 Å². The quantitative estimate of drug-likeness (QED) is 0.244. The summed E-state index contributed by atoms with van der Waals surface area (Å²) in [7, 11) is 0. The summed E-state index contributed by atoms with van der Waals surface area (Å²) in [6.07, 6.45) is 6.51. The van der Waals surface area contributed by atoms with Crippen LogP contribution in [0.25, 0.3) is 0 Å². The van der Waals surface area contributed by atoms with Gasteiger partial charge in [-0.05, 0) is 0 Å². The van der Waals surface area contributed by atoms with Gasteiger partial charge in [-0.3, -0.25) is 0 Å². The molecular formula is C3H2Li2N2. The Labute approximate surface area is 66.5 Å². The molecule has 1 rings (SSSR count). The van der Waals surface area contributed by atoms with Crippen LogP contribution in [0.2, 0.25) is 0 Å². The number of imidazole rings is 1. The molecule has 7 heavy (non-hydrogen) atoms. The van der Waals surface area contributed by atoms with Gasteiger partial charge in [0.1, 0.15) is 0 Å². The zero-order valence-electron chi connectivity index (χ0n) is 4.52. The maximum absolute atomic E-state index is 3.49. The van der Waals surface area contributed by atoms with Crippen molar-refractivity contribution in [3.05, 3.63) is 18.7 Å². The minimum absolute atomic E-state index is 0. The van der Waals surface area contributed by atoms with Crippen molar-refractivity contribution in [3.8, 4) is 0 Å². The number of rotatable bonds is 0. The van der Waals surface area contributed by atoms with Gasteiger partial charge in [0.2, 0.25) is 0 Å². The Kier molecular flexibility index (Phi) is 9.51. The molecule has 1 heterocycles. The standard InChI is InChI=1S/C3H2N2.2Li/c1-2-5-3-4-1;;/h1H,(H,4,5);;/q-2;2*+1. The number of hydrogen-bond acceptors (Lipinski definition) is 1. The molecule has 0 amide bonds. The van der Waals surface area contributed by atoms with Gasteiger partial charge in [0.25, 0.3) is 0 Å². The van der Waals surface area contributed by atoms with E-state index in [-0.39, 0.29) is 37.7 Å². The van der Waals surface area contributed by atoms with E-state index in [1.807, 2.05) is 0 Å². The van der Waals surface area contributed by atoms with Gasteiger partial charge < -0.3 is 22.5 Å². The van der Waals surface area contributed by atoms with Crippen LogP contribution in [-0.4, -0.2) is 9.97 Å². The Morgan fingerprint density at radius 1 is 1.43 bits per heavy atom. The molecule has 0 aliphatic heterocycles. The summed E-state index contributed by atoms with van der Waals surface area (Å²) in [4.78, 5) is 5.99. The van der Waals surface area contributed by atoms with Crippen molar-refractivity contribution in [2.75, 3.05) is 0 Å². The number of aromatic amines is 1. The van der Waals surface area contributed by atoms with Crippen molar-refractivity contribution < 1.29 is 37.7 Å². The number of hydrogen-bond donors (Lipinski definition) is 1. The molecule has 0 aromatic carbocycles. The SMILES string of the molecule is [Li+].[Li+].[c-]1cn[c-][nH]1. The van der Waals surface area contributed by atoms with E-state index >= 15 is 0 Å². The van der Waals surface area contributed by atoms with Gasteiger partial charge in [-0.2, -0.15) is 6.20 Å². The van der Waals surface area contributed by atoms with E-state index in [0.717, 1.165) is 0 Å². The van der Waals surface area contributed by atoms with E-state index in [2.05, 4.69) is 22.5 Å². The van der Waals surface area contributed by atoms with Crippen LogP contribution in [-0.2, 0) is 0 Å². The molecule has 0 saturated heterocycles. The number of nitrogens with one attached hydrogen (secondary N) is 1. The van der Waals surface area contributed by atoms with Crippen LogP contribution in [0, 0.1) is 12.5 Å². The molecule has 0 bridgehead atoms. The Bertz CT molecular complexity index is 67.4. The van der Waals surface area contributed by atoms with Gasteiger partial charge in [0.05, 0.1) is 0 Å². The molecule has 26 valence electrons. The maximum atomic E-state index is 3.49. The minimum Gasteiger partial charge on any atom is -0.697 e. The smallest absolute Gasteiger partial charge is 0.697 e. The summed E-state index contributed by atoms with van der Waals surface area (Å²) in [6, 6.07) is 0. The molecule has 0 aliphatic rings. The van der Waals surface area contributed by atoms with E-state index in [0.29, 0.717) is 0 Å². The summed E-state index contributed by atoms with van der Waals surface area (Å²) in [5.41, 5.74) is 0. The van der Waals surface area contributed by atoms with Crippen LogP contribution in [0.15, 0.2) is 6.20 Å². The van der Waals surface area contributed by atoms with Crippen molar-refractivity contribution in [1.29, 1.82) is 0 Å². The van der Waals surface area contributed by atoms with Crippen LogP contribution >= 0.6 is 0 Å². The summed E-state index contributed by atoms with van der Waals surface area (Å²) < 4.78 is 0. The second kappa shape index (κ2) is 6.40. The normalized spacial score (nSPS) is 5.71. The van der Waals surface area contributed by atoms with Crippen molar-refractivity contribution in [2.24, 2.45) is 0 Å². The zero-order valence-corrected chi connectivity index (χ0v) is 4.52. The molecule has 1 N–H and O–H groups in total. The monoisotopic (exact) mass is 80.1 g/mol. The first-order chi connectivity index (χ1) is 2.50. The molecule has 0 spiro atoms. The molecular weight excluding hydrogens is 77.9 g/mol. The zero-order chi connectivity index (χ0) is 3.54. The fraction of sp³-hybridized carbons (Fsp3) is 0. The van der Waals surface area contributed by atoms with Gasteiger partial charge in [0.15, 0.2) is 0 Å². The second-order valence-electron chi connectivity index (χ2n) is 0.639. The van der Waals surface area contributed by atoms with Crippen molar-refractivity contribution in [2.45, 2.75) is 0 Å². The van der Waals surface area contributed by atoms with E-state index in [9.17, 15) is 0 Å². The van der Waals surface area contributed by atoms with Crippen molar-refractivity contribution in [1.82, 2.24) is 9.97 Å². The van der Waals surface area contributed by atoms with Crippen molar-refractivity contribution in [3.63, 3.8) is 0 Å². The molecule has 2 nitrogen and oxygen atoms in total. The molecule has 4 heteroatoms. The van der Waals surface area contributed by atoms with Gasteiger partial charge in [-0.15, -0.1) is 0 Å². The van der Waals surface area contributed by atoms with E-state index < -0.39 is 0 Å². The Balaban J connectivity index is 0. The number of nitrogens with zero attached hydrogens (tertiary/aromatic N) is 1. The molecule has 0 atom stereocenters. The first-order valence-electron chi connectivity index (χ1n) is 1.27. The minimum atomic E-state index is 0. The van der Waals surface area contributed by atoms with Crippen LogP contribution in [0.4, 0.5) is 0 Å². The molecule has 0 fully saturated rings. The first-order valence-corrected chi connectivity index (χ1v) is 1.27. The first kappa shape index (κ1) is 10.4. The fourth-order valence-corrected chi connectivity index (χ4v) is 0.161. The second-order valence-corrected chi connectivity index (χ2v) is 0.639. The fourth-order valence-electron chi connectivity index (χ4n) is 0.161. The molecule has 0 saturated carbocycles. The molecule has 0 aliphatic carbocycles. The van der Waals surface area contributed by atoms with Gasteiger partial charge in [-0.25, -0.2) is 0 Å². The summed E-state index contributed by atoms with van der Waals surface area (Å²) in [6.45, 7) is 0. The van der Waals surface area contributed by atoms with Gasteiger partial charge in [-0.1, -0.05) is 0 Å². The van der Waals surface area contributed by atoms with Crippen molar-refractivity contribution >= 4 is 0 Å². The number of H-pyrrole nitrogens is 1. The van der Waals surface area contributed by atoms with E-state index in [1.165, 1.54) is 6.20 Å². The van der Waals surface area contributed by atoms with Crippen LogP contribution < -0.4 is 37.7 Å². The third kappa shape index (κ3) is 4.25. The molecule has 0 radical (unpaired) electrons. The topological polar surface area (TPSA) is 28.7 Å². The van der Waals surface area contributed by atoms with Crippen LogP contribution in [0.1, 0.15) is 0 Å². The Morgan fingerprint density at radius 3 is 2.29 bits per heavy atom. The van der Waals surface area contributed by atoms with E-state index in [4.69, 9.17) is 0 Å². The predicted molar refractivity (Wildman–Crippen MR) is 16.3 cm³/mol. The summed E-state index contributed by atoms with van der Waals surface area (Å²) in [5.74, 6) is 0. The van der Waals surface area contributed by atoms with Crippen LogP contribution in [0.3, 0.4) is 0 Å². The third-order valence-corrected chi connectivity index (χ3v) is 0.322. The van der Waals surface area contributed by atoms with Crippen LogP contribution in [0.5, 0.6) is 0 Å². The number of aromatic nitrogens is 2. The molecule has 1 aromatic heterocycles. The Hall–Kier alpha value is 0.405. The predicted octanol–water partition coefficient (Wildman–Crippen LogP) is -5.98.